The zero-order chi connectivity index (χ0) is 18.1. The molecule has 5 nitrogen and oxygen atoms in total. The van der Waals surface area contributed by atoms with Crippen LogP contribution in [-0.2, 0) is 0 Å². The Kier molecular flexibility index (Phi) is 4.31. The van der Waals surface area contributed by atoms with Crippen LogP contribution in [0.5, 0.6) is 0 Å². The van der Waals surface area contributed by atoms with E-state index in [4.69, 9.17) is 11.6 Å². The molecule has 0 radical (unpaired) electrons. The maximum Gasteiger partial charge on any atom is 0.274 e. The molecule has 3 aromatic rings. The maximum absolute atomic E-state index is 12.4. The molecule has 0 bridgehead atoms. The number of benzene rings is 2. The lowest BCUT2D eigenvalue weighted by molar-refractivity contribution is 0.0950. The molecule has 4 rings (SSSR count). The summed E-state index contributed by atoms with van der Waals surface area (Å²) in [7, 11) is 0. The molecule has 1 heterocycles. The van der Waals surface area contributed by atoms with Gasteiger partial charge in [0.25, 0.3) is 11.8 Å². The fraction of sp³-hybridized carbons (Fsp3) is 0.150. The van der Waals surface area contributed by atoms with Gasteiger partial charge in [0, 0.05) is 17.1 Å². The SMILES string of the molecule is O=C(Nc1ccc(C(=O)NC2CC2)c(Cl)c1)c1ccc2ccccc2n1. The zero-order valence-electron chi connectivity index (χ0n) is 13.8. The van der Waals surface area contributed by atoms with E-state index in [0.717, 1.165) is 23.7 Å². The second-order valence-corrected chi connectivity index (χ2v) is 6.69. The number of anilines is 1. The number of amides is 2. The van der Waals surface area contributed by atoms with Crippen molar-refractivity contribution in [2.75, 3.05) is 5.32 Å². The Balaban J connectivity index is 1.51. The van der Waals surface area contributed by atoms with E-state index in [2.05, 4.69) is 15.6 Å². The molecule has 0 aliphatic heterocycles. The Morgan fingerprint density at radius 2 is 1.81 bits per heavy atom. The molecule has 1 saturated carbocycles. The topological polar surface area (TPSA) is 71.1 Å². The van der Waals surface area contributed by atoms with Gasteiger partial charge in [0.1, 0.15) is 5.69 Å². The van der Waals surface area contributed by atoms with Gasteiger partial charge in [0.05, 0.1) is 16.1 Å². The lowest BCUT2D eigenvalue weighted by Crippen LogP contribution is -2.25. The van der Waals surface area contributed by atoms with Gasteiger partial charge in [0.2, 0.25) is 0 Å². The number of hydrogen-bond acceptors (Lipinski definition) is 3. The number of nitrogens with one attached hydrogen (secondary N) is 2. The third-order valence-corrected chi connectivity index (χ3v) is 4.53. The van der Waals surface area contributed by atoms with Crippen LogP contribution in [0.4, 0.5) is 5.69 Å². The van der Waals surface area contributed by atoms with Gasteiger partial charge >= 0.3 is 0 Å². The summed E-state index contributed by atoms with van der Waals surface area (Å²) in [5.74, 6) is -0.520. The summed E-state index contributed by atoms with van der Waals surface area (Å²) in [6.07, 6.45) is 2.02. The Labute approximate surface area is 155 Å². The number of carbonyl (C=O) groups excluding carboxylic acids is 2. The average molecular weight is 366 g/mol. The number of para-hydroxylation sites is 1. The third-order valence-electron chi connectivity index (χ3n) is 4.22. The zero-order valence-corrected chi connectivity index (χ0v) is 14.6. The van der Waals surface area contributed by atoms with E-state index >= 15 is 0 Å². The van der Waals surface area contributed by atoms with Crippen LogP contribution in [0.2, 0.25) is 5.02 Å². The van der Waals surface area contributed by atoms with Crippen molar-refractivity contribution in [2.45, 2.75) is 18.9 Å². The van der Waals surface area contributed by atoms with Gasteiger partial charge in [-0.2, -0.15) is 0 Å². The third kappa shape index (κ3) is 3.53. The molecule has 0 unspecified atom stereocenters. The van der Waals surface area contributed by atoms with Gasteiger partial charge in [-0.05, 0) is 43.2 Å². The number of fused-ring (bicyclic) bond motifs is 1. The predicted octanol–water partition coefficient (Wildman–Crippen LogP) is 4.03. The minimum absolute atomic E-state index is 0.188. The summed E-state index contributed by atoms with van der Waals surface area (Å²) in [5, 5.41) is 6.93. The Hall–Kier alpha value is -2.92. The molecule has 1 fully saturated rings. The fourth-order valence-electron chi connectivity index (χ4n) is 2.66. The minimum atomic E-state index is -0.331. The van der Waals surface area contributed by atoms with Crippen molar-refractivity contribution >= 4 is 40.0 Å². The van der Waals surface area contributed by atoms with Gasteiger partial charge in [-0.25, -0.2) is 4.98 Å². The van der Waals surface area contributed by atoms with E-state index in [0.29, 0.717) is 22.0 Å². The molecule has 2 amide bonds. The molecule has 0 spiro atoms. The van der Waals surface area contributed by atoms with Crippen molar-refractivity contribution in [1.82, 2.24) is 10.3 Å². The second-order valence-electron chi connectivity index (χ2n) is 6.29. The highest BCUT2D eigenvalue weighted by Crippen LogP contribution is 2.24. The van der Waals surface area contributed by atoms with E-state index in [-0.39, 0.29) is 17.9 Å². The molecule has 2 N–H and O–H groups in total. The summed E-state index contributed by atoms with van der Waals surface area (Å²) in [6.45, 7) is 0. The molecule has 0 saturated heterocycles. The van der Waals surface area contributed by atoms with Gasteiger partial charge in [0.15, 0.2) is 0 Å². The van der Waals surface area contributed by atoms with Gasteiger partial charge in [-0.15, -0.1) is 0 Å². The van der Waals surface area contributed by atoms with Crippen molar-refractivity contribution in [3.63, 3.8) is 0 Å². The van der Waals surface area contributed by atoms with Gasteiger partial charge in [-0.1, -0.05) is 35.9 Å². The maximum atomic E-state index is 12.4. The average Bonchev–Trinajstić information content (AvgIpc) is 3.45. The molecular weight excluding hydrogens is 350 g/mol. The first kappa shape index (κ1) is 16.5. The first-order chi connectivity index (χ1) is 12.6. The first-order valence-corrected chi connectivity index (χ1v) is 8.75. The first-order valence-electron chi connectivity index (χ1n) is 8.38. The Morgan fingerprint density at radius 3 is 2.58 bits per heavy atom. The van der Waals surface area contributed by atoms with Crippen LogP contribution < -0.4 is 10.6 Å². The van der Waals surface area contributed by atoms with Crippen molar-refractivity contribution in [2.24, 2.45) is 0 Å². The predicted molar refractivity (Wildman–Crippen MR) is 102 cm³/mol. The normalized spacial score (nSPS) is 13.4. The van der Waals surface area contributed by atoms with Crippen LogP contribution in [0.1, 0.15) is 33.7 Å². The highest BCUT2D eigenvalue weighted by atomic mass is 35.5. The monoisotopic (exact) mass is 365 g/mol. The number of hydrogen-bond donors (Lipinski definition) is 2. The van der Waals surface area contributed by atoms with E-state index in [1.807, 2.05) is 30.3 Å². The summed E-state index contributed by atoms with van der Waals surface area (Å²) < 4.78 is 0. The quantitative estimate of drug-likeness (QED) is 0.733. The lowest BCUT2D eigenvalue weighted by atomic mass is 10.1. The Morgan fingerprint density at radius 1 is 1.00 bits per heavy atom. The molecule has 1 aromatic heterocycles. The molecule has 0 atom stereocenters. The summed E-state index contributed by atoms with van der Waals surface area (Å²) in [6, 6.07) is 16.2. The number of aromatic nitrogens is 1. The van der Waals surface area contributed by atoms with Crippen molar-refractivity contribution in [1.29, 1.82) is 0 Å². The van der Waals surface area contributed by atoms with Crippen LogP contribution in [0.25, 0.3) is 10.9 Å². The number of pyridine rings is 1. The summed E-state index contributed by atoms with van der Waals surface area (Å²) >= 11 is 6.21. The molecule has 1 aliphatic carbocycles. The summed E-state index contributed by atoms with van der Waals surface area (Å²) in [5.41, 5.74) is 1.99. The number of halogens is 1. The largest absolute Gasteiger partial charge is 0.349 e. The standard InChI is InChI=1S/C20H16ClN3O2/c21-16-11-14(8-9-15(16)19(25)22-13-6-7-13)23-20(26)18-10-5-12-3-1-2-4-17(12)24-18/h1-5,8-11,13H,6-7H2,(H,22,25)(H,23,26). The van der Waals surface area contributed by atoms with Crippen LogP contribution in [0.15, 0.2) is 54.6 Å². The molecule has 2 aromatic carbocycles. The van der Waals surface area contributed by atoms with Gasteiger partial charge in [-0.3, -0.25) is 9.59 Å². The Bertz CT molecular complexity index is 1010. The van der Waals surface area contributed by atoms with E-state index < -0.39 is 0 Å². The van der Waals surface area contributed by atoms with Crippen LogP contribution >= 0.6 is 11.6 Å². The highest BCUT2D eigenvalue weighted by Gasteiger charge is 2.24. The molecule has 130 valence electrons. The van der Waals surface area contributed by atoms with E-state index in [1.165, 1.54) is 0 Å². The van der Waals surface area contributed by atoms with Crippen LogP contribution in [0.3, 0.4) is 0 Å². The lowest BCUT2D eigenvalue weighted by Gasteiger charge is -2.09. The second kappa shape index (κ2) is 6.77. The number of carbonyl (C=O) groups is 2. The van der Waals surface area contributed by atoms with Crippen molar-refractivity contribution < 1.29 is 9.59 Å². The summed E-state index contributed by atoms with van der Waals surface area (Å²) in [4.78, 5) is 28.9. The van der Waals surface area contributed by atoms with Crippen LogP contribution in [-0.4, -0.2) is 22.8 Å². The van der Waals surface area contributed by atoms with Crippen molar-refractivity contribution in [3.05, 3.63) is 70.9 Å². The minimum Gasteiger partial charge on any atom is -0.349 e. The fourth-order valence-corrected chi connectivity index (χ4v) is 2.92. The molecular formula is C20H16ClN3O2. The smallest absolute Gasteiger partial charge is 0.274 e. The molecule has 6 heteroatoms. The molecule has 1 aliphatic rings. The molecule has 26 heavy (non-hydrogen) atoms. The highest BCUT2D eigenvalue weighted by molar-refractivity contribution is 6.34. The number of nitrogens with zero attached hydrogens (tertiary/aromatic N) is 1. The van der Waals surface area contributed by atoms with E-state index in [9.17, 15) is 9.59 Å². The van der Waals surface area contributed by atoms with E-state index in [1.54, 1.807) is 24.3 Å². The van der Waals surface area contributed by atoms with Gasteiger partial charge < -0.3 is 10.6 Å². The van der Waals surface area contributed by atoms with Crippen molar-refractivity contribution in [3.8, 4) is 0 Å². The van der Waals surface area contributed by atoms with Crippen LogP contribution in [0, 0.1) is 0 Å². The number of rotatable bonds is 4.